The minimum atomic E-state index is -0.622. The zero-order valence-corrected chi connectivity index (χ0v) is 21.9. The first-order valence-electron chi connectivity index (χ1n) is 12.5. The van der Waals surface area contributed by atoms with Gasteiger partial charge in [0.25, 0.3) is 0 Å². The average Bonchev–Trinajstić information content (AvgIpc) is 2.89. The van der Waals surface area contributed by atoms with Gasteiger partial charge in [-0.3, -0.25) is 9.59 Å². The van der Waals surface area contributed by atoms with Crippen molar-refractivity contribution in [2.24, 2.45) is 0 Å². The van der Waals surface area contributed by atoms with E-state index in [2.05, 4.69) is 12.2 Å². The molecule has 3 rings (SSSR count). The summed E-state index contributed by atoms with van der Waals surface area (Å²) in [6, 6.07) is 23.5. The molecule has 0 radical (unpaired) electrons. The van der Waals surface area contributed by atoms with Crippen LogP contribution in [0, 0.1) is 12.7 Å². The van der Waals surface area contributed by atoms with Crippen molar-refractivity contribution in [1.29, 1.82) is 0 Å². The van der Waals surface area contributed by atoms with Crippen LogP contribution in [-0.2, 0) is 28.3 Å². The number of hydrogen-bond donors (Lipinski definition) is 1. The Balaban J connectivity index is 1.83. The van der Waals surface area contributed by atoms with E-state index in [9.17, 15) is 14.0 Å². The van der Waals surface area contributed by atoms with Gasteiger partial charge in [-0.1, -0.05) is 80.1 Å². The fourth-order valence-electron chi connectivity index (χ4n) is 3.95. The molecule has 0 fully saturated rings. The molecule has 190 valence electrons. The van der Waals surface area contributed by atoms with Crippen LogP contribution in [-0.4, -0.2) is 35.1 Å². The highest BCUT2D eigenvalue weighted by Gasteiger charge is 2.30. The molecule has 3 aromatic carbocycles. The van der Waals surface area contributed by atoms with Gasteiger partial charge >= 0.3 is 0 Å². The zero-order valence-electron chi connectivity index (χ0n) is 21.1. The van der Waals surface area contributed by atoms with Gasteiger partial charge in [-0.15, -0.1) is 11.8 Å². The Morgan fingerprint density at radius 1 is 0.944 bits per heavy atom. The molecule has 0 aliphatic rings. The summed E-state index contributed by atoms with van der Waals surface area (Å²) in [6.07, 6.45) is 2.32. The Kier molecular flexibility index (Phi) is 11.0. The van der Waals surface area contributed by atoms with E-state index in [-0.39, 0.29) is 23.4 Å². The Hall–Kier alpha value is -3.12. The van der Waals surface area contributed by atoms with Crippen molar-refractivity contribution in [2.45, 2.75) is 51.4 Å². The SMILES string of the molecule is CCCCNC(=O)C(Cc1ccccc1)N(Cc1ccccc1C)C(=O)CSCc1ccc(F)cc1. The standard InChI is InChI=1S/C30H35FN2O2S/c1-3-4-18-32-30(35)28(19-24-11-6-5-7-12-24)33(20-26-13-9-8-10-23(26)2)29(34)22-36-21-25-14-16-27(31)17-15-25/h5-17,28H,3-4,18-22H2,1-2H3,(H,32,35). The van der Waals surface area contributed by atoms with Crippen LogP contribution in [0.25, 0.3) is 0 Å². The Morgan fingerprint density at radius 3 is 2.33 bits per heavy atom. The quantitative estimate of drug-likeness (QED) is 0.293. The van der Waals surface area contributed by atoms with Crippen LogP contribution in [0.1, 0.15) is 42.0 Å². The lowest BCUT2D eigenvalue weighted by molar-refractivity contribution is -0.139. The number of rotatable bonds is 13. The smallest absolute Gasteiger partial charge is 0.243 e. The van der Waals surface area contributed by atoms with Gasteiger partial charge in [0.2, 0.25) is 11.8 Å². The van der Waals surface area contributed by atoms with Crippen molar-refractivity contribution in [3.63, 3.8) is 0 Å². The number of hydrogen-bond acceptors (Lipinski definition) is 3. The highest BCUT2D eigenvalue weighted by atomic mass is 32.2. The molecule has 1 N–H and O–H groups in total. The molecule has 0 aliphatic carbocycles. The summed E-state index contributed by atoms with van der Waals surface area (Å²) in [5, 5.41) is 3.05. The Bertz CT molecular complexity index is 1110. The molecule has 0 aromatic heterocycles. The van der Waals surface area contributed by atoms with Gasteiger partial charge < -0.3 is 10.2 Å². The second-order valence-corrected chi connectivity index (χ2v) is 9.90. The summed E-state index contributed by atoms with van der Waals surface area (Å²) < 4.78 is 13.2. The largest absolute Gasteiger partial charge is 0.354 e. The molecule has 0 spiro atoms. The third-order valence-corrected chi connectivity index (χ3v) is 7.10. The van der Waals surface area contributed by atoms with E-state index in [1.165, 1.54) is 23.9 Å². The molecular formula is C30H35FN2O2S. The van der Waals surface area contributed by atoms with Gasteiger partial charge in [-0.25, -0.2) is 4.39 Å². The van der Waals surface area contributed by atoms with E-state index in [1.807, 2.05) is 61.5 Å². The molecule has 0 bridgehead atoms. The van der Waals surface area contributed by atoms with Crippen LogP contribution >= 0.6 is 11.8 Å². The first kappa shape index (κ1) is 27.5. The third-order valence-electron chi connectivity index (χ3n) is 6.11. The normalized spacial score (nSPS) is 11.6. The number of thioether (sulfide) groups is 1. The lowest BCUT2D eigenvalue weighted by Crippen LogP contribution is -2.51. The number of carbonyl (C=O) groups is 2. The predicted octanol–water partition coefficient (Wildman–Crippen LogP) is 5.92. The van der Waals surface area contributed by atoms with E-state index < -0.39 is 6.04 Å². The number of nitrogens with zero attached hydrogens (tertiary/aromatic N) is 1. The molecule has 36 heavy (non-hydrogen) atoms. The minimum absolute atomic E-state index is 0.0862. The van der Waals surface area contributed by atoms with Crippen molar-refractivity contribution in [2.75, 3.05) is 12.3 Å². The van der Waals surface area contributed by atoms with Crippen molar-refractivity contribution in [3.8, 4) is 0 Å². The maximum absolute atomic E-state index is 13.6. The molecule has 0 heterocycles. The molecule has 1 atom stereocenters. The number of benzene rings is 3. The highest BCUT2D eigenvalue weighted by molar-refractivity contribution is 7.99. The van der Waals surface area contributed by atoms with Crippen LogP contribution in [0.5, 0.6) is 0 Å². The fourth-order valence-corrected chi connectivity index (χ4v) is 4.82. The number of nitrogens with one attached hydrogen (secondary N) is 1. The van der Waals surface area contributed by atoms with E-state index in [0.29, 0.717) is 25.3 Å². The topological polar surface area (TPSA) is 49.4 Å². The highest BCUT2D eigenvalue weighted by Crippen LogP contribution is 2.20. The monoisotopic (exact) mass is 506 g/mol. The number of unbranched alkanes of at least 4 members (excludes halogenated alkanes) is 1. The molecular weight excluding hydrogens is 471 g/mol. The first-order valence-corrected chi connectivity index (χ1v) is 13.6. The minimum Gasteiger partial charge on any atom is -0.354 e. The molecule has 2 amide bonds. The van der Waals surface area contributed by atoms with Gasteiger partial charge in [0.05, 0.1) is 5.75 Å². The van der Waals surface area contributed by atoms with E-state index in [0.717, 1.165) is 35.1 Å². The number of amides is 2. The van der Waals surface area contributed by atoms with Crippen molar-refractivity contribution in [3.05, 3.63) is 107 Å². The van der Waals surface area contributed by atoms with Gasteiger partial charge in [0, 0.05) is 25.3 Å². The molecule has 4 nitrogen and oxygen atoms in total. The molecule has 6 heteroatoms. The number of aryl methyl sites for hydroxylation is 1. The summed E-state index contributed by atoms with van der Waals surface area (Å²) in [5.74, 6) is 0.337. The van der Waals surface area contributed by atoms with Crippen molar-refractivity contribution < 1.29 is 14.0 Å². The predicted molar refractivity (Wildman–Crippen MR) is 146 cm³/mol. The Labute approximate surface area is 218 Å². The van der Waals surface area contributed by atoms with Gasteiger partial charge in [0.15, 0.2) is 0 Å². The summed E-state index contributed by atoms with van der Waals surface area (Å²) in [6.45, 7) is 5.06. The number of carbonyl (C=O) groups excluding carboxylic acids is 2. The zero-order chi connectivity index (χ0) is 25.8. The molecule has 0 saturated heterocycles. The maximum atomic E-state index is 13.6. The van der Waals surface area contributed by atoms with Crippen molar-refractivity contribution >= 4 is 23.6 Å². The molecule has 0 saturated carbocycles. The van der Waals surface area contributed by atoms with E-state index in [4.69, 9.17) is 0 Å². The Morgan fingerprint density at radius 2 is 1.64 bits per heavy atom. The average molecular weight is 507 g/mol. The summed E-state index contributed by atoms with van der Waals surface area (Å²) in [5.41, 5.74) is 4.07. The van der Waals surface area contributed by atoms with Crippen LogP contribution in [0.4, 0.5) is 4.39 Å². The number of halogens is 1. The van der Waals surface area contributed by atoms with Crippen LogP contribution in [0.2, 0.25) is 0 Å². The summed E-state index contributed by atoms with van der Waals surface area (Å²) in [7, 11) is 0. The fraction of sp³-hybridized carbons (Fsp3) is 0.333. The van der Waals surface area contributed by atoms with Crippen LogP contribution in [0.15, 0.2) is 78.9 Å². The lowest BCUT2D eigenvalue weighted by Gasteiger charge is -2.32. The molecule has 3 aromatic rings. The summed E-state index contributed by atoms with van der Waals surface area (Å²) >= 11 is 1.47. The maximum Gasteiger partial charge on any atom is 0.243 e. The van der Waals surface area contributed by atoms with E-state index in [1.54, 1.807) is 17.0 Å². The molecule has 1 unspecified atom stereocenters. The van der Waals surface area contributed by atoms with Gasteiger partial charge in [-0.2, -0.15) is 0 Å². The third kappa shape index (κ3) is 8.52. The second kappa shape index (κ2) is 14.4. The van der Waals surface area contributed by atoms with Crippen LogP contribution in [0.3, 0.4) is 0 Å². The summed E-state index contributed by atoms with van der Waals surface area (Å²) in [4.78, 5) is 28.8. The van der Waals surface area contributed by atoms with Crippen LogP contribution < -0.4 is 5.32 Å². The first-order chi connectivity index (χ1) is 17.5. The molecule has 0 aliphatic heterocycles. The van der Waals surface area contributed by atoms with E-state index >= 15 is 0 Å². The van der Waals surface area contributed by atoms with Crippen molar-refractivity contribution in [1.82, 2.24) is 10.2 Å². The van der Waals surface area contributed by atoms with Gasteiger partial charge in [0.1, 0.15) is 11.9 Å². The lowest BCUT2D eigenvalue weighted by atomic mass is 10.0. The van der Waals surface area contributed by atoms with Gasteiger partial charge in [-0.05, 0) is 47.7 Å². The second-order valence-electron chi connectivity index (χ2n) is 8.92.